The Balaban J connectivity index is 2.00. The summed E-state index contributed by atoms with van der Waals surface area (Å²) in [5.41, 5.74) is 0.821. The average molecular weight is 248 g/mol. The van der Waals surface area contributed by atoms with Crippen molar-refractivity contribution in [2.75, 3.05) is 13.2 Å². The van der Waals surface area contributed by atoms with Gasteiger partial charge in [-0.3, -0.25) is 0 Å². The van der Waals surface area contributed by atoms with Crippen LogP contribution in [0.25, 0.3) is 6.08 Å². The van der Waals surface area contributed by atoms with Crippen LogP contribution in [0.15, 0.2) is 30.3 Å². The van der Waals surface area contributed by atoms with Crippen LogP contribution in [-0.2, 0) is 9.53 Å². The number of aliphatic carboxylic acids is 1. The lowest BCUT2D eigenvalue weighted by Crippen LogP contribution is -2.25. The average Bonchev–Trinajstić information content (AvgIpc) is 2.38. The number of ether oxygens (including phenoxy) is 2. The van der Waals surface area contributed by atoms with Crippen LogP contribution in [0.1, 0.15) is 18.4 Å². The van der Waals surface area contributed by atoms with Gasteiger partial charge in [0.05, 0.1) is 13.2 Å². The Morgan fingerprint density at radius 3 is 2.89 bits per heavy atom. The van der Waals surface area contributed by atoms with Crippen molar-refractivity contribution in [3.8, 4) is 5.75 Å². The van der Waals surface area contributed by atoms with Crippen LogP contribution in [0.2, 0.25) is 0 Å². The second-order valence-corrected chi connectivity index (χ2v) is 4.17. The van der Waals surface area contributed by atoms with Gasteiger partial charge in [-0.05, 0) is 23.8 Å². The maximum absolute atomic E-state index is 10.4. The number of benzene rings is 1. The molecule has 1 aliphatic rings. The summed E-state index contributed by atoms with van der Waals surface area (Å²) in [5.74, 6) is -0.180. The van der Waals surface area contributed by atoms with Gasteiger partial charge < -0.3 is 14.6 Å². The summed E-state index contributed by atoms with van der Waals surface area (Å²) >= 11 is 0. The van der Waals surface area contributed by atoms with E-state index >= 15 is 0 Å². The molecule has 0 bridgehead atoms. The Labute approximate surface area is 106 Å². The molecule has 1 N–H and O–H groups in total. The van der Waals surface area contributed by atoms with Gasteiger partial charge >= 0.3 is 5.97 Å². The lowest BCUT2D eigenvalue weighted by atomic mass is 10.1. The highest BCUT2D eigenvalue weighted by atomic mass is 16.5. The van der Waals surface area contributed by atoms with E-state index in [1.54, 1.807) is 6.08 Å². The first kappa shape index (κ1) is 12.6. The Morgan fingerprint density at radius 1 is 1.39 bits per heavy atom. The van der Waals surface area contributed by atoms with Crippen LogP contribution in [-0.4, -0.2) is 30.4 Å². The number of carbonyl (C=O) groups is 1. The zero-order valence-corrected chi connectivity index (χ0v) is 10.0. The number of carboxylic acids is 1. The molecule has 4 nitrogen and oxygen atoms in total. The van der Waals surface area contributed by atoms with Gasteiger partial charge in [-0.25, -0.2) is 4.79 Å². The maximum atomic E-state index is 10.4. The van der Waals surface area contributed by atoms with E-state index in [-0.39, 0.29) is 6.10 Å². The van der Waals surface area contributed by atoms with Crippen molar-refractivity contribution in [2.45, 2.75) is 18.9 Å². The summed E-state index contributed by atoms with van der Waals surface area (Å²) in [6, 6.07) is 7.43. The predicted molar refractivity (Wildman–Crippen MR) is 67.6 cm³/mol. The fraction of sp³-hybridized carbons (Fsp3) is 0.357. The highest BCUT2D eigenvalue weighted by molar-refractivity contribution is 5.85. The van der Waals surface area contributed by atoms with Crippen molar-refractivity contribution in [1.82, 2.24) is 0 Å². The highest BCUT2D eigenvalue weighted by Crippen LogP contribution is 2.19. The van der Waals surface area contributed by atoms with E-state index in [4.69, 9.17) is 14.6 Å². The van der Waals surface area contributed by atoms with Gasteiger partial charge in [0.15, 0.2) is 0 Å². The van der Waals surface area contributed by atoms with E-state index in [9.17, 15) is 4.79 Å². The van der Waals surface area contributed by atoms with Crippen molar-refractivity contribution in [3.63, 3.8) is 0 Å². The SMILES string of the molecule is O=C(O)/C=C/c1cccc(OC2CCOCC2)c1. The molecule has 0 aliphatic carbocycles. The van der Waals surface area contributed by atoms with E-state index < -0.39 is 5.97 Å². The Bertz CT molecular complexity index is 433. The van der Waals surface area contributed by atoms with Crippen LogP contribution in [0.3, 0.4) is 0 Å². The third-order valence-corrected chi connectivity index (χ3v) is 2.75. The maximum Gasteiger partial charge on any atom is 0.328 e. The van der Waals surface area contributed by atoms with Gasteiger partial charge in [0.2, 0.25) is 0 Å². The van der Waals surface area contributed by atoms with Gasteiger partial charge in [-0.2, -0.15) is 0 Å². The fourth-order valence-electron chi connectivity index (χ4n) is 1.85. The van der Waals surface area contributed by atoms with E-state index in [2.05, 4.69) is 0 Å². The Hall–Kier alpha value is -1.81. The van der Waals surface area contributed by atoms with Crippen LogP contribution in [0.4, 0.5) is 0 Å². The third-order valence-electron chi connectivity index (χ3n) is 2.75. The van der Waals surface area contributed by atoms with Crippen molar-refractivity contribution in [2.24, 2.45) is 0 Å². The highest BCUT2D eigenvalue weighted by Gasteiger charge is 2.14. The minimum atomic E-state index is -0.953. The second kappa shape index (κ2) is 6.21. The van der Waals surface area contributed by atoms with Gasteiger partial charge in [0, 0.05) is 18.9 Å². The molecule has 0 aromatic heterocycles. The van der Waals surface area contributed by atoms with E-state index in [1.165, 1.54) is 0 Å². The molecule has 18 heavy (non-hydrogen) atoms. The Kier molecular flexibility index (Phi) is 4.36. The van der Waals surface area contributed by atoms with Gasteiger partial charge in [-0.1, -0.05) is 12.1 Å². The third kappa shape index (κ3) is 3.89. The summed E-state index contributed by atoms with van der Waals surface area (Å²) in [7, 11) is 0. The number of carboxylic acid groups (broad SMARTS) is 1. The first-order valence-electron chi connectivity index (χ1n) is 5.99. The molecular formula is C14H16O4. The summed E-state index contributed by atoms with van der Waals surface area (Å²) in [5, 5.41) is 8.57. The quantitative estimate of drug-likeness (QED) is 0.831. The summed E-state index contributed by atoms with van der Waals surface area (Å²) in [6.45, 7) is 1.48. The normalized spacial score (nSPS) is 16.9. The molecule has 1 fully saturated rings. The van der Waals surface area contributed by atoms with Crippen LogP contribution < -0.4 is 4.74 Å². The monoisotopic (exact) mass is 248 g/mol. The molecule has 2 rings (SSSR count). The molecule has 1 heterocycles. The molecular weight excluding hydrogens is 232 g/mol. The first-order chi connectivity index (χ1) is 8.74. The number of hydrogen-bond acceptors (Lipinski definition) is 3. The molecule has 96 valence electrons. The molecule has 1 aromatic rings. The van der Waals surface area contributed by atoms with Crippen LogP contribution in [0.5, 0.6) is 5.75 Å². The van der Waals surface area contributed by atoms with Crippen molar-refractivity contribution < 1.29 is 19.4 Å². The molecule has 0 saturated carbocycles. The molecule has 0 spiro atoms. The van der Waals surface area contributed by atoms with Gasteiger partial charge in [0.1, 0.15) is 11.9 Å². The van der Waals surface area contributed by atoms with Crippen molar-refractivity contribution in [3.05, 3.63) is 35.9 Å². The zero-order chi connectivity index (χ0) is 12.8. The van der Waals surface area contributed by atoms with E-state index in [0.717, 1.165) is 43.4 Å². The lowest BCUT2D eigenvalue weighted by Gasteiger charge is -2.23. The minimum Gasteiger partial charge on any atom is -0.490 e. The Morgan fingerprint density at radius 2 is 2.17 bits per heavy atom. The molecule has 0 amide bonds. The molecule has 1 aliphatic heterocycles. The van der Waals surface area contributed by atoms with E-state index in [0.29, 0.717) is 0 Å². The predicted octanol–water partition coefficient (Wildman–Crippen LogP) is 2.34. The number of hydrogen-bond donors (Lipinski definition) is 1. The molecule has 0 radical (unpaired) electrons. The second-order valence-electron chi connectivity index (χ2n) is 4.17. The smallest absolute Gasteiger partial charge is 0.328 e. The summed E-state index contributed by atoms with van der Waals surface area (Å²) in [4.78, 5) is 10.4. The standard InChI is InChI=1S/C14H16O4/c15-14(16)5-4-11-2-1-3-13(10-11)18-12-6-8-17-9-7-12/h1-5,10,12H,6-9H2,(H,15,16)/b5-4+. The molecule has 1 aromatic carbocycles. The summed E-state index contributed by atoms with van der Waals surface area (Å²) in [6.07, 6.45) is 4.66. The van der Waals surface area contributed by atoms with Crippen molar-refractivity contribution in [1.29, 1.82) is 0 Å². The molecule has 0 atom stereocenters. The van der Waals surface area contributed by atoms with Gasteiger partial charge in [0.25, 0.3) is 0 Å². The lowest BCUT2D eigenvalue weighted by molar-refractivity contribution is -0.131. The van der Waals surface area contributed by atoms with Crippen LogP contribution in [0, 0.1) is 0 Å². The van der Waals surface area contributed by atoms with E-state index in [1.807, 2.05) is 24.3 Å². The fourth-order valence-corrected chi connectivity index (χ4v) is 1.85. The molecule has 0 unspecified atom stereocenters. The minimum absolute atomic E-state index is 0.192. The first-order valence-corrected chi connectivity index (χ1v) is 5.99. The summed E-state index contributed by atoms with van der Waals surface area (Å²) < 4.78 is 11.1. The zero-order valence-electron chi connectivity index (χ0n) is 10.0. The molecule has 1 saturated heterocycles. The largest absolute Gasteiger partial charge is 0.490 e. The molecule has 4 heteroatoms. The van der Waals surface area contributed by atoms with Crippen molar-refractivity contribution >= 4 is 12.0 Å². The van der Waals surface area contributed by atoms with Crippen LogP contribution >= 0.6 is 0 Å². The topological polar surface area (TPSA) is 55.8 Å². The van der Waals surface area contributed by atoms with Gasteiger partial charge in [-0.15, -0.1) is 0 Å². The number of rotatable bonds is 4.